The molecule has 3 N–H and O–H groups in total. The van der Waals surface area contributed by atoms with E-state index in [-0.39, 0.29) is 22.8 Å². The normalized spacial score (nSPS) is 12.0. The van der Waals surface area contributed by atoms with Crippen LogP contribution in [0, 0.1) is 10.8 Å². The predicted molar refractivity (Wildman–Crippen MR) is 152 cm³/mol. The van der Waals surface area contributed by atoms with Gasteiger partial charge < -0.3 is 10.5 Å². The van der Waals surface area contributed by atoms with Gasteiger partial charge in [0.05, 0.1) is 5.71 Å². The number of phenolic OH excluding ortho intramolecular Hbond substituents is 1. The molecule has 2 aromatic rings. The zero-order chi connectivity index (χ0) is 26.3. The number of nitrogens with one attached hydrogen (secondary N) is 2. The van der Waals surface area contributed by atoms with E-state index in [2.05, 4.69) is 13.2 Å². The molecule has 0 amide bonds. The molecule has 0 heterocycles. The Hall–Kier alpha value is -3.79. The summed E-state index contributed by atoms with van der Waals surface area (Å²) in [4.78, 5) is 12.4. The molecule has 0 radical (unpaired) electrons. The SMILES string of the molecule is C=C/C(=C\C(CCCCCCCCC(=O)C(=C)C(=N)c1ccccc1)=C(/C)C=N)c1ccccc1O. The van der Waals surface area contributed by atoms with Gasteiger partial charge in [0.15, 0.2) is 5.78 Å². The highest BCUT2D eigenvalue weighted by atomic mass is 16.3. The maximum Gasteiger partial charge on any atom is 0.164 e. The van der Waals surface area contributed by atoms with Gasteiger partial charge in [-0.2, -0.15) is 0 Å². The van der Waals surface area contributed by atoms with Crippen molar-refractivity contribution >= 4 is 23.3 Å². The van der Waals surface area contributed by atoms with E-state index < -0.39 is 0 Å². The van der Waals surface area contributed by atoms with Gasteiger partial charge in [0.2, 0.25) is 0 Å². The highest BCUT2D eigenvalue weighted by Gasteiger charge is 2.13. The standard InChI is InChI=1S/C32H38N2O2/c1-4-26(29-19-14-15-21-31(29)36)22-28(24(2)23-33)18-10-7-5-6-8-13-20-30(35)25(3)32(34)27-16-11-9-12-17-27/h4,9,11-12,14-17,19,21-23,33-34,36H,1,3,5-8,10,13,18,20H2,2H3/b26-22+,28-24+,33-23?,34-32?. The number of phenols is 1. The third-order valence-corrected chi connectivity index (χ3v) is 6.29. The monoisotopic (exact) mass is 482 g/mol. The van der Waals surface area contributed by atoms with Crippen LogP contribution in [-0.2, 0) is 4.79 Å². The highest BCUT2D eigenvalue weighted by Crippen LogP contribution is 2.28. The molecule has 4 nitrogen and oxygen atoms in total. The summed E-state index contributed by atoms with van der Waals surface area (Å²) in [5.74, 6) is 0.171. The fourth-order valence-electron chi connectivity index (χ4n) is 4.01. The lowest BCUT2D eigenvalue weighted by molar-refractivity contribution is -0.115. The molecule has 188 valence electrons. The maximum absolute atomic E-state index is 12.4. The number of aromatic hydroxyl groups is 1. The van der Waals surface area contributed by atoms with Gasteiger partial charge in [-0.25, -0.2) is 0 Å². The second-order valence-electron chi connectivity index (χ2n) is 8.94. The molecule has 0 aliphatic carbocycles. The van der Waals surface area contributed by atoms with Crippen molar-refractivity contribution in [2.45, 2.75) is 58.3 Å². The predicted octanol–water partition coefficient (Wildman–Crippen LogP) is 8.24. The van der Waals surface area contributed by atoms with Crippen molar-refractivity contribution in [3.8, 4) is 5.75 Å². The van der Waals surface area contributed by atoms with Crippen LogP contribution in [0.4, 0.5) is 0 Å². The van der Waals surface area contributed by atoms with Crippen LogP contribution in [0.25, 0.3) is 5.57 Å². The Balaban J connectivity index is 1.75. The van der Waals surface area contributed by atoms with Crippen molar-refractivity contribution < 1.29 is 9.90 Å². The minimum absolute atomic E-state index is 0.0463. The minimum Gasteiger partial charge on any atom is -0.507 e. The summed E-state index contributed by atoms with van der Waals surface area (Å²) >= 11 is 0. The van der Waals surface area contributed by atoms with Gasteiger partial charge in [0.1, 0.15) is 5.75 Å². The smallest absolute Gasteiger partial charge is 0.164 e. The summed E-state index contributed by atoms with van der Waals surface area (Å²) in [7, 11) is 0. The number of allylic oxidation sites excluding steroid dienone is 6. The van der Waals surface area contributed by atoms with Gasteiger partial charge in [0, 0.05) is 29.3 Å². The first-order valence-corrected chi connectivity index (χ1v) is 12.6. The van der Waals surface area contributed by atoms with Crippen molar-refractivity contribution in [1.29, 1.82) is 10.8 Å². The molecular formula is C32H38N2O2. The van der Waals surface area contributed by atoms with Crippen LogP contribution in [0.15, 0.2) is 96.6 Å². The van der Waals surface area contributed by atoms with Crippen LogP contribution in [-0.4, -0.2) is 22.8 Å². The van der Waals surface area contributed by atoms with Crippen LogP contribution in [0.3, 0.4) is 0 Å². The van der Waals surface area contributed by atoms with Crippen molar-refractivity contribution in [1.82, 2.24) is 0 Å². The quantitative estimate of drug-likeness (QED) is 0.0974. The topological polar surface area (TPSA) is 85.0 Å². The summed E-state index contributed by atoms with van der Waals surface area (Å²) in [6.45, 7) is 9.68. The average Bonchev–Trinajstić information content (AvgIpc) is 2.91. The van der Waals surface area contributed by atoms with Crippen LogP contribution in [0.2, 0.25) is 0 Å². The molecule has 0 spiro atoms. The van der Waals surface area contributed by atoms with Gasteiger partial charge in [-0.3, -0.25) is 10.2 Å². The minimum atomic E-state index is -0.0463. The summed E-state index contributed by atoms with van der Waals surface area (Å²) in [6.07, 6.45) is 12.4. The second-order valence-corrected chi connectivity index (χ2v) is 8.94. The van der Waals surface area contributed by atoms with E-state index in [9.17, 15) is 9.90 Å². The van der Waals surface area contributed by atoms with E-state index in [1.54, 1.807) is 18.2 Å². The van der Waals surface area contributed by atoms with E-state index in [0.717, 1.165) is 72.8 Å². The first kappa shape index (κ1) is 28.4. The van der Waals surface area contributed by atoms with E-state index in [1.165, 1.54) is 6.21 Å². The molecule has 2 rings (SSSR count). The number of para-hydroxylation sites is 1. The number of hydrogen-bond donors (Lipinski definition) is 3. The van der Waals surface area contributed by atoms with Crippen molar-refractivity contribution in [2.24, 2.45) is 0 Å². The van der Waals surface area contributed by atoms with E-state index in [0.29, 0.717) is 6.42 Å². The van der Waals surface area contributed by atoms with Gasteiger partial charge in [-0.1, -0.05) is 99.5 Å². The lowest BCUT2D eigenvalue weighted by atomic mass is 9.95. The molecule has 0 aliphatic heterocycles. The Morgan fingerprint density at radius 3 is 2.11 bits per heavy atom. The van der Waals surface area contributed by atoms with E-state index >= 15 is 0 Å². The number of unbranched alkanes of at least 4 members (excludes halogenated alkanes) is 5. The number of hydrogen-bond acceptors (Lipinski definition) is 4. The number of ketones is 1. The van der Waals surface area contributed by atoms with Gasteiger partial charge in [-0.15, -0.1) is 0 Å². The van der Waals surface area contributed by atoms with Crippen molar-refractivity contribution in [3.63, 3.8) is 0 Å². The zero-order valence-electron chi connectivity index (χ0n) is 21.4. The van der Waals surface area contributed by atoms with Crippen LogP contribution in [0.1, 0.15) is 69.4 Å². The summed E-state index contributed by atoms with van der Waals surface area (Å²) < 4.78 is 0. The molecule has 0 aromatic heterocycles. The molecule has 0 bridgehead atoms. The Morgan fingerprint density at radius 1 is 0.917 bits per heavy atom. The molecule has 0 atom stereocenters. The molecule has 4 heteroatoms. The molecular weight excluding hydrogens is 444 g/mol. The molecule has 0 saturated carbocycles. The Labute approximate surface area is 215 Å². The fraction of sp³-hybridized carbons (Fsp3) is 0.281. The Kier molecular flexibility index (Phi) is 12.1. The van der Waals surface area contributed by atoms with E-state index in [4.69, 9.17) is 10.8 Å². The number of benzene rings is 2. The first-order valence-electron chi connectivity index (χ1n) is 12.6. The summed E-state index contributed by atoms with van der Waals surface area (Å²) in [6, 6.07) is 16.5. The van der Waals surface area contributed by atoms with Gasteiger partial charge in [0.25, 0.3) is 0 Å². The zero-order valence-corrected chi connectivity index (χ0v) is 21.4. The van der Waals surface area contributed by atoms with Crippen molar-refractivity contribution in [2.75, 3.05) is 0 Å². The second kappa shape index (κ2) is 15.3. The average molecular weight is 483 g/mol. The summed E-state index contributed by atoms with van der Waals surface area (Å²) in [5.41, 5.74) is 4.78. The number of carbonyl (C=O) groups excluding carboxylic acids is 1. The third-order valence-electron chi connectivity index (χ3n) is 6.29. The van der Waals surface area contributed by atoms with Gasteiger partial charge in [-0.05, 0) is 49.0 Å². The number of carbonyl (C=O) groups is 1. The lowest BCUT2D eigenvalue weighted by Crippen LogP contribution is -2.12. The lowest BCUT2D eigenvalue weighted by Gasteiger charge is -2.10. The number of Topliss-reactive ketones (excluding diaryl/α,β-unsaturated/α-hetero) is 1. The molecule has 0 aliphatic rings. The molecule has 0 saturated heterocycles. The maximum atomic E-state index is 12.4. The van der Waals surface area contributed by atoms with Crippen LogP contribution >= 0.6 is 0 Å². The number of rotatable bonds is 16. The molecule has 0 unspecified atom stereocenters. The summed E-state index contributed by atoms with van der Waals surface area (Å²) in [5, 5.41) is 26.1. The Bertz CT molecular complexity index is 1140. The molecule has 36 heavy (non-hydrogen) atoms. The molecule has 0 fully saturated rings. The van der Waals surface area contributed by atoms with Gasteiger partial charge >= 0.3 is 0 Å². The van der Waals surface area contributed by atoms with Crippen LogP contribution in [0.5, 0.6) is 5.75 Å². The first-order chi connectivity index (χ1) is 17.4. The van der Waals surface area contributed by atoms with E-state index in [1.807, 2.05) is 55.5 Å². The third kappa shape index (κ3) is 8.77. The Morgan fingerprint density at radius 2 is 1.50 bits per heavy atom. The van der Waals surface area contributed by atoms with Crippen LogP contribution < -0.4 is 0 Å². The fourth-order valence-corrected chi connectivity index (χ4v) is 4.01. The highest BCUT2D eigenvalue weighted by molar-refractivity contribution is 6.26. The largest absolute Gasteiger partial charge is 0.507 e. The van der Waals surface area contributed by atoms with Crippen molar-refractivity contribution in [3.05, 3.63) is 108 Å². The molecule has 2 aromatic carbocycles.